The van der Waals surface area contributed by atoms with Gasteiger partial charge in [-0.3, -0.25) is 0 Å². The van der Waals surface area contributed by atoms with Crippen molar-refractivity contribution in [2.24, 2.45) is 0 Å². The molecule has 0 radical (unpaired) electrons. The zero-order valence-corrected chi connectivity index (χ0v) is 15.8. The minimum Gasteiger partial charge on any atom is -0.493 e. The van der Waals surface area contributed by atoms with Gasteiger partial charge in [-0.2, -0.15) is 0 Å². The number of halogens is 1. The lowest BCUT2D eigenvalue weighted by Crippen LogP contribution is -2.17. The lowest BCUT2D eigenvalue weighted by Gasteiger charge is -2.18. The van der Waals surface area contributed by atoms with Crippen LogP contribution in [0.25, 0.3) is 0 Å². The molecule has 0 bridgehead atoms. The number of unbranched alkanes of at least 4 members (excludes halogenated alkanes) is 5. The molecule has 0 spiro atoms. The Hall–Kier alpha value is -0.930. The van der Waals surface area contributed by atoms with Gasteiger partial charge in [-0.05, 0) is 32.9 Å². The van der Waals surface area contributed by atoms with Crippen LogP contribution in [0.15, 0.2) is 12.1 Å². The Labute approximate surface area is 146 Å². The van der Waals surface area contributed by atoms with Gasteiger partial charge in [0, 0.05) is 23.2 Å². The maximum Gasteiger partial charge on any atom is 0.166 e. The van der Waals surface area contributed by atoms with E-state index in [1.54, 1.807) is 13.2 Å². The molecule has 1 rings (SSSR count). The second kappa shape index (κ2) is 11.6. The average molecular weight is 342 g/mol. The Bertz CT molecular complexity index is 449. The summed E-state index contributed by atoms with van der Waals surface area (Å²) in [6, 6.07) is 3.76. The molecule has 0 fully saturated rings. The smallest absolute Gasteiger partial charge is 0.166 e. The van der Waals surface area contributed by atoms with Crippen molar-refractivity contribution >= 4 is 11.6 Å². The predicted octanol–water partition coefficient (Wildman–Crippen LogP) is 5.59. The number of hydrogen-bond donors (Lipinski definition) is 1. The van der Waals surface area contributed by atoms with E-state index >= 15 is 0 Å². The lowest BCUT2D eigenvalue weighted by molar-refractivity contribution is 0.227. The molecule has 0 saturated heterocycles. The van der Waals surface area contributed by atoms with Gasteiger partial charge in [-0.25, -0.2) is 0 Å². The molecule has 0 amide bonds. The summed E-state index contributed by atoms with van der Waals surface area (Å²) in [5, 5.41) is 4.17. The minimum atomic E-state index is 0.0994. The first-order valence-corrected chi connectivity index (χ1v) is 9.20. The van der Waals surface area contributed by atoms with Crippen molar-refractivity contribution in [1.82, 2.24) is 5.32 Å². The van der Waals surface area contributed by atoms with Crippen LogP contribution in [-0.4, -0.2) is 19.8 Å². The van der Waals surface area contributed by atoms with E-state index in [0.29, 0.717) is 10.8 Å². The lowest BCUT2D eigenvalue weighted by atomic mass is 10.1. The number of hydrogen-bond acceptors (Lipinski definition) is 3. The van der Waals surface area contributed by atoms with Crippen molar-refractivity contribution in [3.63, 3.8) is 0 Å². The molecule has 1 aromatic carbocycles. The normalized spacial score (nSPS) is 11.0. The van der Waals surface area contributed by atoms with Crippen molar-refractivity contribution < 1.29 is 9.47 Å². The highest BCUT2D eigenvalue weighted by atomic mass is 35.5. The fraction of sp³-hybridized carbons (Fsp3) is 0.684. The van der Waals surface area contributed by atoms with E-state index in [1.807, 2.05) is 19.9 Å². The van der Waals surface area contributed by atoms with Gasteiger partial charge in [0.2, 0.25) is 0 Å². The third kappa shape index (κ3) is 7.94. The molecule has 1 aromatic rings. The van der Waals surface area contributed by atoms with Gasteiger partial charge in [0.25, 0.3) is 0 Å². The molecule has 23 heavy (non-hydrogen) atoms. The topological polar surface area (TPSA) is 30.5 Å². The fourth-order valence-electron chi connectivity index (χ4n) is 2.53. The summed E-state index contributed by atoms with van der Waals surface area (Å²) in [5.41, 5.74) is 1.05. The van der Waals surface area contributed by atoms with Gasteiger partial charge in [-0.1, -0.05) is 50.6 Å². The van der Waals surface area contributed by atoms with E-state index in [0.717, 1.165) is 24.4 Å². The van der Waals surface area contributed by atoms with Crippen molar-refractivity contribution in [2.75, 3.05) is 13.7 Å². The summed E-state index contributed by atoms with van der Waals surface area (Å²) in [7, 11) is 1.65. The summed E-state index contributed by atoms with van der Waals surface area (Å²) < 4.78 is 11.3. The highest BCUT2D eigenvalue weighted by molar-refractivity contribution is 6.30. The summed E-state index contributed by atoms with van der Waals surface area (Å²) in [6.07, 6.45) is 7.95. The SMILES string of the molecule is CCCCCCCCNCc1cc(Cl)cc(OC)c1OC(C)C. The average Bonchev–Trinajstić information content (AvgIpc) is 2.51. The van der Waals surface area contributed by atoms with Crippen LogP contribution in [0.1, 0.15) is 64.9 Å². The van der Waals surface area contributed by atoms with Crippen LogP contribution < -0.4 is 14.8 Å². The molecule has 132 valence electrons. The van der Waals surface area contributed by atoms with E-state index < -0.39 is 0 Å². The Kier molecular flexibility index (Phi) is 10.1. The number of rotatable bonds is 12. The molecule has 0 saturated carbocycles. The Morgan fingerprint density at radius 1 is 1.09 bits per heavy atom. The second-order valence-corrected chi connectivity index (χ2v) is 6.64. The third-order valence-corrected chi connectivity index (χ3v) is 3.91. The van der Waals surface area contributed by atoms with Gasteiger partial charge >= 0.3 is 0 Å². The van der Waals surface area contributed by atoms with Crippen LogP contribution in [0.2, 0.25) is 5.02 Å². The van der Waals surface area contributed by atoms with Crippen molar-refractivity contribution in [3.8, 4) is 11.5 Å². The molecule has 0 unspecified atom stereocenters. The van der Waals surface area contributed by atoms with E-state index in [2.05, 4.69) is 12.2 Å². The van der Waals surface area contributed by atoms with E-state index in [1.165, 1.54) is 38.5 Å². The molecule has 0 aliphatic rings. The summed E-state index contributed by atoms with van der Waals surface area (Å²) in [4.78, 5) is 0. The molecule has 0 heterocycles. The minimum absolute atomic E-state index is 0.0994. The standard InChI is InChI=1S/C19H32ClNO2/c1-5-6-7-8-9-10-11-21-14-16-12-17(20)13-18(22-4)19(16)23-15(2)3/h12-13,15,21H,5-11,14H2,1-4H3. The molecule has 1 N–H and O–H groups in total. The largest absolute Gasteiger partial charge is 0.493 e. The molecule has 0 aliphatic carbocycles. The molecule has 0 aromatic heterocycles. The van der Waals surface area contributed by atoms with Crippen molar-refractivity contribution in [1.29, 1.82) is 0 Å². The maximum atomic E-state index is 6.18. The monoisotopic (exact) mass is 341 g/mol. The summed E-state index contributed by atoms with van der Waals surface area (Å²) in [6.45, 7) is 8.04. The summed E-state index contributed by atoms with van der Waals surface area (Å²) in [5.74, 6) is 1.49. The highest BCUT2D eigenvalue weighted by Crippen LogP contribution is 2.35. The van der Waals surface area contributed by atoms with E-state index in [9.17, 15) is 0 Å². The van der Waals surface area contributed by atoms with Crippen LogP contribution in [0, 0.1) is 0 Å². The zero-order valence-electron chi connectivity index (χ0n) is 15.1. The Balaban J connectivity index is 2.50. The van der Waals surface area contributed by atoms with Crippen LogP contribution in [-0.2, 0) is 6.54 Å². The number of methoxy groups -OCH3 is 1. The van der Waals surface area contributed by atoms with Gasteiger partial charge in [0.1, 0.15) is 0 Å². The third-order valence-electron chi connectivity index (χ3n) is 3.69. The van der Waals surface area contributed by atoms with Crippen molar-refractivity contribution in [3.05, 3.63) is 22.7 Å². The van der Waals surface area contributed by atoms with Crippen LogP contribution in [0.3, 0.4) is 0 Å². The summed E-state index contributed by atoms with van der Waals surface area (Å²) >= 11 is 6.18. The second-order valence-electron chi connectivity index (χ2n) is 6.21. The van der Waals surface area contributed by atoms with Crippen molar-refractivity contribution in [2.45, 2.75) is 71.9 Å². The quantitative estimate of drug-likeness (QED) is 0.503. The maximum absolute atomic E-state index is 6.18. The zero-order chi connectivity index (χ0) is 17.1. The number of nitrogens with one attached hydrogen (secondary N) is 1. The Morgan fingerprint density at radius 2 is 1.78 bits per heavy atom. The molecular weight excluding hydrogens is 310 g/mol. The van der Waals surface area contributed by atoms with Crippen LogP contribution >= 0.6 is 11.6 Å². The molecule has 0 aliphatic heterocycles. The molecular formula is C19H32ClNO2. The number of benzene rings is 1. The fourth-order valence-corrected chi connectivity index (χ4v) is 2.76. The molecule has 0 atom stereocenters. The van der Waals surface area contributed by atoms with Gasteiger partial charge in [-0.15, -0.1) is 0 Å². The first-order chi connectivity index (χ1) is 11.1. The first kappa shape index (κ1) is 20.1. The predicted molar refractivity (Wildman–Crippen MR) is 98.9 cm³/mol. The Morgan fingerprint density at radius 3 is 2.43 bits per heavy atom. The number of ether oxygens (including phenoxy) is 2. The van der Waals surface area contributed by atoms with E-state index in [4.69, 9.17) is 21.1 Å². The van der Waals surface area contributed by atoms with E-state index in [-0.39, 0.29) is 6.10 Å². The molecule has 4 heteroatoms. The van der Waals surface area contributed by atoms with Gasteiger partial charge in [0.15, 0.2) is 11.5 Å². The molecule has 3 nitrogen and oxygen atoms in total. The highest BCUT2D eigenvalue weighted by Gasteiger charge is 2.14. The van der Waals surface area contributed by atoms with Crippen LogP contribution in [0.4, 0.5) is 0 Å². The van der Waals surface area contributed by atoms with Gasteiger partial charge < -0.3 is 14.8 Å². The van der Waals surface area contributed by atoms with Gasteiger partial charge in [0.05, 0.1) is 13.2 Å². The van der Waals surface area contributed by atoms with Crippen LogP contribution in [0.5, 0.6) is 11.5 Å². The first-order valence-electron chi connectivity index (χ1n) is 8.82.